The molecule has 0 fully saturated rings. The summed E-state index contributed by atoms with van der Waals surface area (Å²) >= 11 is 0. The minimum Gasteiger partial charge on any atom is -0.486 e. The highest BCUT2D eigenvalue weighted by atomic mass is 16.6. The number of hydrogen-bond acceptors (Lipinski definition) is 4. The maximum absolute atomic E-state index is 11.2. The van der Waals surface area contributed by atoms with Gasteiger partial charge in [-0.2, -0.15) is 0 Å². The Balaban J connectivity index is 1.72. The van der Waals surface area contributed by atoms with Gasteiger partial charge in [0.2, 0.25) is 5.91 Å². The lowest BCUT2D eigenvalue weighted by atomic mass is 9.95. The summed E-state index contributed by atoms with van der Waals surface area (Å²) in [6, 6.07) is 13.7. The third-order valence-electron chi connectivity index (χ3n) is 4.36. The smallest absolute Gasteiger partial charge is 0.248 e. The molecule has 3 N–H and O–H groups in total. The zero-order chi connectivity index (χ0) is 17.8. The van der Waals surface area contributed by atoms with E-state index in [4.69, 9.17) is 15.2 Å². The zero-order valence-corrected chi connectivity index (χ0v) is 14.6. The van der Waals surface area contributed by atoms with Crippen molar-refractivity contribution in [2.75, 3.05) is 13.2 Å². The first-order valence-corrected chi connectivity index (χ1v) is 8.56. The van der Waals surface area contributed by atoms with Crippen molar-refractivity contribution in [3.8, 4) is 11.5 Å². The summed E-state index contributed by atoms with van der Waals surface area (Å²) in [6.07, 6.45) is 0. The predicted octanol–water partition coefficient (Wildman–Crippen LogP) is 3.04. The van der Waals surface area contributed by atoms with Crippen LogP contribution in [0.1, 0.15) is 41.4 Å². The van der Waals surface area contributed by atoms with Crippen LogP contribution < -0.4 is 20.5 Å². The highest BCUT2D eigenvalue weighted by Crippen LogP contribution is 2.34. The zero-order valence-electron chi connectivity index (χ0n) is 14.6. The molecule has 0 saturated carbocycles. The summed E-state index contributed by atoms with van der Waals surface area (Å²) in [5.74, 6) is 1.62. The molecule has 0 bridgehead atoms. The second-order valence-electron chi connectivity index (χ2n) is 6.57. The van der Waals surface area contributed by atoms with Gasteiger partial charge >= 0.3 is 0 Å². The molecule has 25 heavy (non-hydrogen) atoms. The summed E-state index contributed by atoms with van der Waals surface area (Å²) in [6.45, 7) is 6.26. The Morgan fingerprint density at radius 2 is 1.76 bits per heavy atom. The number of amides is 1. The fourth-order valence-corrected chi connectivity index (χ4v) is 3.01. The molecule has 2 aromatic rings. The molecule has 0 aliphatic carbocycles. The Hall–Kier alpha value is -2.53. The topological polar surface area (TPSA) is 73.6 Å². The van der Waals surface area contributed by atoms with Gasteiger partial charge in [0.15, 0.2) is 11.5 Å². The van der Waals surface area contributed by atoms with Crippen LogP contribution in [-0.2, 0) is 6.54 Å². The summed E-state index contributed by atoms with van der Waals surface area (Å²) in [7, 11) is 0. The number of primary amides is 1. The number of nitrogens with two attached hydrogens (primary N) is 1. The Morgan fingerprint density at radius 3 is 2.40 bits per heavy atom. The van der Waals surface area contributed by atoms with Crippen molar-refractivity contribution in [1.82, 2.24) is 5.32 Å². The molecular weight excluding hydrogens is 316 g/mol. The van der Waals surface area contributed by atoms with Gasteiger partial charge in [-0.3, -0.25) is 4.79 Å². The molecular formula is C20H24N2O3. The van der Waals surface area contributed by atoms with Crippen molar-refractivity contribution in [3.05, 3.63) is 59.2 Å². The lowest BCUT2D eigenvalue weighted by Crippen LogP contribution is -2.26. The second kappa shape index (κ2) is 7.57. The van der Waals surface area contributed by atoms with Gasteiger partial charge in [0, 0.05) is 18.2 Å². The fraction of sp³-hybridized carbons (Fsp3) is 0.350. The van der Waals surface area contributed by atoms with Gasteiger partial charge in [-0.25, -0.2) is 0 Å². The number of ether oxygens (including phenoxy) is 2. The van der Waals surface area contributed by atoms with Crippen LogP contribution in [0.4, 0.5) is 0 Å². The number of hydrogen-bond donors (Lipinski definition) is 2. The van der Waals surface area contributed by atoms with Crippen LogP contribution >= 0.6 is 0 Å². The van der Waals surface area contributed by atoms with E-state index in [0.29, 0.717) is 31.2 Å². The first-order chi connectivity index (χ1) is 12.0. The summed E-state index contributed by atoms with van der Waals surface area (Å²) < 4.78 is 11.3. The van der Waals surface area contributed by atoms with Gasteiger partial charge in [0.1, 0.15) is 13.2 Å². The van der Waals surface area contributed by atoms with Crippen molar-refractivity contribution < 1.29 is 14.3 Å². The maximum Gasteiger partial charge on any atom is 0.248 e. The molecule has 5 nitrogen and oxygen atoms in total. The van der Waals surface area contributed by atoms with Crippen LogP contribution in [0.5, 0.6) is 11.5 Å². The highest BCUT2D eigenvalue weighted by Gasteiger charge is 2.19. The number of benzene rings is 2. The first kappa shape index (κ1) is 17.3. The SMILES string of the molecule is CC(C)[C@@H](NCc1ccc(C(N)=O)cc1)c1ccc2c(c1)OCCO2. The van der Waals surface area contributed by atoms with Gasteiger partial charge in [-0.1, -0.05) is 32.0 Å². The molecule has 1 atom stereocenters. The third kappa shape index (κ3) is 4.12. The van der Waals surface area contributed by atoms with Crippen molar-refractivity contribution >= 4 is 5.91 Å². The van der Waals surface area contributed by atoms with Crippen molar-refractivity contribution in [1.29, 1.82) is 0 Å². The number of rotatable bonds is 6. The normalized spacial score (nSPS) is 14.4. The van der Waals surface area contributed by atoms with E-state index in [1.807, 2.05) is 18.2 Å². The van der Waals surface area contributed by atoms with E-state index in [1.165, 1.54) is 5.56 Å². The molecule has 0 radical (unpaired) electrons. The number of nitrogens with one attached hydrogen (secondary N) is 1. The standard InChI is InChI=1S/C20H24N2O3/c1-13(2)19(16-7-8-17-18(11-16)25-10-9-24-17)22-12-14-3-5-15(6-4-14)20(21)23/h3-8,11,13,19,22H,9-10,12H2,1-2H3,(H2,21,23)/t19-/m1/s1. The summed E-state index contributed by atoms with van der Waals surface area (Å²) in [4.78, 5) is 11.2. The average Bonchev–Trinajstić information content (AvgIpc) is 2.62. The Kier molecular flexibility index (Phi) is 5.24. The average molecular weight is 340 g/mol. The third-order valence-corrected chi connectivity index (χ3v) is 4.36. The second-order valence-corrected chi connectivity index (χ2v) is 6.57. The molecule has 1 heterocycles. The van der Waals surface area contributed by atoms with Gasteiger partial charge in [-0.05, 0) is 41.3 Å². The largest absolute Gasteiger partial charge is 0.486 e. The van der Waals surface area contributed by atoms with E-state index < -0.39 is 5.91 Å². The summed E-state index contributed by atoms with van der Waals surface area (Å²) in [5.41, 5.74) is 8.08. The fourth-order valence-electron chi connectivity index (χ4n) is 3.01. The van der Waals surface area contributed by atoms with Gasteiger partial charge in [0.25, 0.3) is 0 Å². The van der Waals surface area contributed by atoms with Gasteiger partial charge in [-0.15, -0.1) is 0 Å². The number of carbonyl (C=O) groups excluding carboxylic acids is 1. The van der Waals surface area contributed by atoms with E-state index in [-0.39, 0.29) is 6.04 Å². The quantitative estimate of drug-likeness (QED) is 0.848. The van der Waals surface area contributed by atoms with Crippen molar-refractivity contribution in [2.45, 2.75) is 26.4 Å². The number of carbonyl (C=O) groups is 1. The van der Waals surface area contributed by atoms with E-state index in [9.17, 15) is 4.79 Å². The van der Waals surface area contributed by atoms with Crippen molar-refractivity contribution in [3.63, 3.8) is 0 Å². The molecule has 0 spiro atoms. The molecule has 1 amide bonds. The van der Waals surface area contributed by atoms with Crippen LogP contribution in [0.15, 0.2) is 42.5 Å². The van der Waals surface area contributed by atoms with Crippen LogP contribution in [-0.4, -0.2) is 19.1 Å². The molecule has 3 rings (SSSR count). The summed E-state index contributed by atoms with van der Waals surface area (Å²) in [5, 5.41) is 3.59. The lowest BCUT2D eigenvalue weighted by Gasteiger charge is -2.25. The Labute approximate surface area is 148 Å². The molecule has 0 unspecified atom stereocenters. The monoisotopic (exact) mass is 340 g/mol. The van der Waals surface area contributed by atoms with E-state index >= 15 is 0 Å². The minimum atomic E-state index is -0.407. The van der Waals surface area contributed by atoms with Crippen molar-refractivity contribution in [2.24, 2.45) is 11.7 Å². The van der Waals surface area contributed by atoms with Crippen LogP contribution in [0.2, 0.25) is 0 Å². The lowest BCUT2D eigenvalue weighted by molar-refractivity contribution is 0.100. The molecule has 132 valence electrons. The highest BCUT2D eigenvalue weighted by molar-refractivity contribution is 5.92. The minimum absolute atomic E-state index is 0.187. The Morgan fingerprint density at radius 1 is 1.08 bits per heavy atom. The maximum atomic E-state index is 11.2. The molecule has 0 aromatic heterocycles. The molecule has 2 aromatic carbocycles. The van der Waals surface area contributed by atoms with Crippen LogP contribution in [0.25, 0.3) is 0 Å². The van der Waals surface area contributed by atoms with Gasteiger partial charge < -0.3 is 20.5 Å². The molecule has 5 heteroatoms. The van der Waals surface area contributed by atoms with E-state index in [0.717, 1.165) is 17.1 Å². The predicted molar refractivity (Wildman–Crippen MR) is 96.8 cm³/mol. The van der Waals surface area contributed by atoms with Crippen LogP contribution in [0, 0.1) is 5.92 Å². The Bertz CT molecular complexity index is 741. The van der Waals surface area contributed by atoms with E-state index in [1.54, 1.807) is 12.1 Å². The number of fused-ring (bicyclic) bond motifs is 1. The molecule has 0 saturated heterocycles. The van der Waals surface area contributed by atoms with E-state index in [2.05, 4.69) is 31.3 Å². The van der Waals surface area contributed by atoms with Gasteiger partial charge in [0.05, 0.1) is 0 Å². The molecule has 1 aliphatic rings. The molecule has 1 aliphatic heterocycles. The first-order valence-electron chi connectivity index (χ1n) is 8.56. The van der Waals surface area contributed by atoms with Crippen LogP contribution in [0.3, 0.4) is 0 Å².